The quantitative estimate of drug-likeness (QED) is 0.432. The molecule has 0 heteroatoms. The van der Waals surface area contributed by atoms with Gasteiger partial charge in [-0.05, 0) is 31.6 Å². The Balaban J connectivity index is 4.46. The molecule has 0 saturated carbocycles. The summed E-state index contributed by atoms with van der Waals surface area (Å²) in [4.78, 5) is 0. The number of hydrogen-bond donors (Lipinski definition) is 0. The Morgan fingerprint density at radius 2 is 1.87 bits per heavy atom. The molecule has 0 bridgehead atoms. The highest BCUT2D eigenvalue weighted by molar-refractivity contribution is 5.18. The summed E-state index contributed by atoms with van der Waals surface area (Å²) in [5, 5.41) is 0. The van der Waals surface area contributed by atoms with Gasteiger partial charge in [0.2, 0.25) is 0 Å². The van der Waals surface area contributed by atoms with Crippen molar-refractivity contribution in [3.05, 3.63) is 36.0 Å². The van der Waals surface area contributed by atoms with Crippen LogP contribution in [0.2, 0.25) is 0 Å². The first-order valence-electron chi connectivity index (χ1n) is 5.87. The second-order valence-electron chi connectivity index (χ2n) is 5.14. The molecule has 0 nitrogen and oxygen atoms in total. The molecule has 0 spiro atoms. The summed E-state index contributed by atoms with van der Waals surface area (Å²) in [6.45, 7) is 13.3. The lowest BCUT2D eigenvalue weighted by Crippen LogP contribution is -2.11. The van der Waals surface area contributed by atoms with Gasteiger partial charge >= 0.3 is 0 Å². The average molecular weight is 206 g/mol. The predicted octanol–water partition coefficient (Wildman–Crippen LogP) is 5.14. The number of rotatable bonds is 5. The van der Waals surface area contributed by atoms with E-state index in [0.29, 0.717) is 5.92 Å². The van der Waals surface area contributed by atoms with E-state index in [0.717, 1.165) is 6.42 Å². The summed E-state index contributed by atoms with van der Waals surface area (Å²) in [5.41, 5.74) is 1.71. The Bertz CT molecular complexity index is 249. The van der Waals surface area contributed by atoms with Crippen LogP contribution in [0, 0.1) is 11.3 Å². The van der Waals surface area contributed by atoms with Gasteiger partial charge in [-0.2, -0.15) is 0 Å². The molecule has 0 aromatic carbocycles. The molecule has 0 aliphatic heterocycles. The fourth-order valence-corrected chi connectivity index (χ4v) is 1.22. The van der Waals surface area contributed by atoms with Crippen molar-refractivity contribution in [3.63, 3.8) is 0 Å². The summed E-state index contributed by atoms with van der Waals surface area (Å²) in [6.07, 6.45) is 12.1. The van der Waals surface area contributed by atoms with Crippen molar-refractivity contribution in [2.45, 2.75) is 48.0 Å². The van der Waals surface area contributed by atoms with E-state index in [2.05, 4.69) is 71.9 Å². The topological polar surface area (TPSA) is 0 Å². The van der Waals surface area contributed by atoms with E-state index >= 15 is 0 Å². The molecule has 0 aliphatic carbocycles. The average Bonchev–Trinajstić information content (AvgIpc) is 2.14. The van der Waals surface area contributed by atoms with Crippen LogP contribution >= 0.6 is 0 Å². The summed E-state index contributed by atoms with van der Waals surface area (Å²) in [6, 6.07) is 0. The van der Waals surface area contributed by atoms with E-state index in [4.69, 9.17) is 0 Å². The van der Waals surface area contributed by atoms with Crippen LogP contribution in [0.15, 0.2) is 36.0 Å². The van der Waals surface area contributed by atoms with E-state index in [-0.39, 0.29) is 5.41 Å². The van der Waals surface area contributed by atoms with Crippen LogP contribution in [-0.4, -0.2) is 0 Å². The molecule has 0 aromatic rings. The van der Waals surface area contributed by atoms with Gasteiger partial charge < -0.3 is 0 Å². The molecule has 0 radical (unpaired) electrons. The third-order valence-corrected chi connectivity index (χ3v) is 2.77. The van der Waals surface area contributed by atoms with Crippen LogP contribution in [0.3, 0.4) is 0 Å². The molecule has 0 fully saturated rings. The molecule has 0 saturated heterocycles. The lowest BCUT2D eigenvalue weighted by molar-refractivity contribution is 0.453. The molecule has 0 rings (SSSR count). The molecule has 0 N–H and O–H groups in total. The maximum atomic E-state index is 2.29. The van der Waals surface area contributed by atoms with E-state index in [1.165, 1.54) is 5.57 Å². The zero-order chi connectivity index (χ0) is 11.9. The fraction of sp³-hybridized carbons (Fsp3) is 0.600. The van der Waals surface area contributed by atoms with Crippen LogP contribution in [0.1, 0.15) is 48.0 Å². The molecule has 86 valence electrons. The standard InChI is InChI=1S/C15H26/c1-7-8-12-15(5,6)14(4)11-9-10-13(2)3/h7-11,13H,12H2,1-6H3. The van der Waals surface area contributed by atoms with Gasteiger partial charge in [0.05, 0.1) is 0 Å². The molecule has 15 heavy (non-hydrogen) atoms. The molecule has 0 heterocycles. The smallest absolute Gasteiger partial charge is 0.0110 e. The Morgan fingerprint density at radius 1 is 1.27 bits per heavy atom. The molecule has 0 unspecified atom stereocenters. The van der Waals surface area contributed by atoms with Crippen molar-refractivity contribution < 1.29 is 0 Å². The maximum absolute atomic E-state index is 2.29. The molecular formula is C15H26. The van der Waals surface area contributed by atoms with Crippen molar-refractivity contribution in [1.82, 2.24) is 0 Å². The fourth-order valence-electron chi connectivity index (χ4n) is 1.22. The Kier molecular flexibility index (Phi) is 6.31. The zero-order valence-corrected chi connectivity index (χ0v) is 11.2. The minimum absolute atomic E-state index is 0.272. The van der Waals surface area contributed by atoms with Crippen LogP contribution < -0.4 is 0 Å². The van der Waals surface area contributed by atoms with Gasteiger partial charge in [0.25, 0.3) is 0 Å². The first kappa shape index (κ1) is 14.2. The summed E-state index contributed by atoms with van der Waals surface area (Å²) in [7, 11) is 0. The number of hydrogen-bond acceptors (Lipinski definition) is 0. The highest BCUT2D eigenvalue weighted by Crippen LogP contribution is 2.30. The van der Waals surface area contributed by atoms with Gasteiger partial charge in [0.1, 0.15) is 0 Å². The minimum atomic E-state index is 0.272. The van der Waals surface area contributed by atoms with Gasteiger partial charge in [0, 0.05) is 0 Å². The summed E-state index contributed by atoms with van der Waals surface area (Å²) >= 11 is 0. The van der Waals surface area contributed by atoms with Crippen LogP contribution in [0.25, 0.3) is 0 Å². The molecule has 0 aliphatic rings. The first-order valence-corrected chi connectivity index (χ1v) is 5.87. The Morgan fingerprint density at radius 3 is 2.33 bits per heavy atom. The van der Waals surface area contributed by atoms with Gasteiger partial charge in [0.15, 0.2) is 0 Å². The van der Waals surface area contributed by atoms with Crippen molar-refractivity contribution in [2.24, 2.45) is 11.3 Å². The van der Waals surface area contributed by atoms with Crippen LogP contribution in [-0.2, 0) is 0 Å². The van der Waals surface area contributed by atoms with Gasteiger partial charge in [-0.1, -0.05) is 63.6 Å². The first-order chi connectivity index (χ1) is 6.90. The SMILES string of the molecule is CC=CCC(C)(C)C(C)=CC=CC(C)C. The van der Waals surface area contributed by atoms with Gasteiger partial charge in [-0.3, -0.25) is 0 Å². The van der Waals surface area contributed by atoms with E-state index in [9.17, 15) is 0 Å². The summed E-state index contributed by atoms with van der Waals surface area (Å²) in [5.74, 6) is 0.632. The Labute approximate surface area is 95.8 Å². The second kappa shape index (κ2) is 6.66. The van der Waals surface area contributed by atoms with Crippen LogP contribution in [0.5, 0.6) is 0 Å². The van der Waals surface area contributed by atoms with Crippen molar-refractivity contribution in [2.75, 3.05) is 0 Å². The molecule has 0 aromatic heterocycles. The predicted molar refractivity (Wildman–Crippen MR) is 70.9 cm³/mol. The number of allylic oxidation sites excluding steroid dienone is 6. The lowest BCUT2D eigenvalue weighted by atomic mass is 9.81. The molecular weight excluding hydrogens is 180 g/mol. The maximum Gasteiger partial charge on any atom is -0.0110 e. The highest BCUT2D eigenvalue weighted by atomic mass is 14.2. The second-order valence-corrected chi connectivity index (χ2v) is 5.14. The Hall–Kier alpha value is -0.780. The van der Waals surface area contributed by atoms with Crippen LogP contribution in [0.4, 0.5) is 0 Å². The molecule has 0 atom stereocenters. The van der Waals surface area contributed by atoms with Gasteiger partial charge in [-0.25, -0.2) is 0 Å². The lowest BCUT2D eigenvalue weighted by Gasteiger charge is -2.24. The van der Waals surface area contributed by atoms with E-state index < -0.39 is 0 Å². The van der Waals surface area contributed by atoms with E-state index in [1.807, 2.05) is 0 Å². The third-order valence-electron chi connectivity index (χ3n) is 2.77. The van der Waals surface area contributed by atoms with E-state index in [1.54, 1.807) is 0 Å². The monoisotopic (exact) mass is 206 g/mol. The highest BCUT2D eigenvalue weighted by Gasteiger charge is 2.17. The van der Waals surface area contributed by atoms with Crippen molar-refractivity contribution in [1.29, 1.82) is 0 Å². The largest absolute Gasteiger partial charge is 0.0916 e. The zero-order valence-electron chi connectivity index (χ0n) is 11.2. The van der Waals surface area contributed by atoms with Gasteiger partial charge in [-0.15, -0.1) is 0 Å². The van der Waals surface area contributed by atoms with Crippen molar-refractivity contribution >= 4 is 0 Å². The minimum Gasteiger partial charge on any atom is -0.0916 e. The third kappa shape index (κ3) is 6.33. The van der Waals surface area contributed by atoms with Crippen molar-refractivity contribution in [3.8, 4) is 0 Å². The summed E-state index contributed by atoms with van der Waals surface area (Å²) < 4.78 is 0. The normalized spacial score (nSPS) is 14.7. The molecule has 0 amide bonds.